The van der Waals surface area contributed by atoms with Crippen molar-refractivity contribution in [3.63, 3.8) is 0 Å². The highest BCUT2D eigenvalue weighted by atomic mass is 32.2. The molecule has 114 valence electrons. The molecular weight excluding hydrogens is 293 g/mol. The van der Waals surface area contributed by atoms with Crippen molar-refractivity contribution in [3.05, 3.63) is 35.6 Å². The summed E-state index contributed by atoms with van der Waals surface area (Å²) < 4.78 is 12.8. The van der Waals surface area contributed by atoms with Crippen LogP contribution in [0.5, 0.6) is 0 Å². The molecule has 1 atom stereocenters. The Bertz CT molecular complexity index is 506. The molecule has 2 rings (SSSR count). The second kappa shape index (κ2) is 7.45. The van der Waals surface area contributed by atoms with E-state index in [-0.39, 0.29) is 11.7 Å². The number of hydrogen-bond donors (Lipinski definition) is 1. The Morgan fingerprint density at radius 2 is 2.05 bits per heavy atom. The fourth-order valence-corrected chi connectivity index (χ4v) is 3.22. The predicted molar refractivity (Wildman–Crippen MR) is 79.5 cm³/mol. The molecular formula is C15H18FNO3S. The molecule has 1 aromatic rings. The number of benzene rings is 1. The van der Waals surface area contributed by atoms with Gasteiger partial charge in [-0.3, -0.25) is 9.59 Å². The minimum Gasteiger partial charge on any atom is -0.481 e. The van der Waals surface area contributed by atoms with Crippen molar-refractivity contribution in [3.8, 4) is 0 Å². The number of amides is 1. The van der Waals surface area contributed by atoms with Gasteiger partial charge < -0.3 is 10.0 Å². The average Bonchev–Trinajstić information content (AvgIpc) is 2.49. The van der Waals surface area contributed by atoms with Crippen molar-refractivity contribution in [2.75, 3.05) is 18.8 Å². The number of thioether (sulfide) groups is 1. The summed E-state index contributed by atoms with van der Waals surface area (Å²) in [6.45, 7) is 0.949. The Balaban J connectivity index is 1.76. The van der Waals surface area contributed by atoms with E-state index >= 15 is 0 Å². The van der Waals surface area contributed by atoms with Crippen LogP contribution in [0.2, 0.25) is 0 Å². The molecule has 1 aliphatic rings. The van der Waals surface area contributed by atoms with Crippen LogP contribution in [0.3, 0.4) is 0 Å². The van der Waals surface area contributed by atoms with Crippen molar-refractivity contribution in [2.24, 2.45) is 5.92 Å². The summed E-state index contributed by atoms with van der Waals surface area (Å²) in [7, 11) is 0. The summed E-state index contributed by atoms with van der Waals surface area (Å²) in [6.07, 6.45) is 1.38. The zero-order chi connectivity index (χ0) is 15.2. The minimum atomic E-state index is -0.827. The highest BCUT2D eigenvalue weighted by Crippen LogP contribution is 2.19. The van der Waals surface area contributed by atoms with Gasteiger partial charge in [0, 0.05) is 18.8 Å². The summed E-state index contributed by atoms with van der Waals surface area (Å²) in [6, 6.07) is 6.21. The first-order valence-electron chi connectivity index (χ1n) is 6.89. The number of carbonyl (C=O) groups is 2. The molecule has 1 saturated heterocycles. The second-order valence-corrected chi connectivity index (χ2v) is 6.12. The van der Waals surface area contributed by atoms with Crippen molar-refractivity contribution in [2.45, 2.75) is 18.6 Å². The van der Waals surface area contributed by atoms with E-state index in [0.717, 1.165) is 12.0 Å². The summed E-state index contributed by atoms with van der Waals surface area (Å²) in [5.41, 5.74) is 0.969. The lowest BCUT2D eigenvalue weighted by atomic mass is 9.98. The second-order valence-electron chi connectivity index (χ2n) is 5.14. The number of nitrogens with zero attached hydrogens (tertiary/aromatic N) is 1. The molecule has 21 heavy (non-hydrogen) atoms. The van der Waals surface area contributed by atoms with E-state index in [4.69, 9.17) is 5.11 Å². The molecule has 1 aromatic carbocycles. The quantitative estimate of drug-likeness (QED) is 0.907. The SMILES string of the molecule is O=C(O)[C@@H]1CCCN(C(=O)CSCc2ccc(F)cc2)C1. The monoisotopic (exact) mass is 311 g/mol. The average molecular weight is 311 g/mol. The first-order chi connectivity index (χ1) is 10.1. The molecule has 0 aromatic heterocycles. The maximum Gasteiger partial charge on any atom is 0.308 e. The van der Waals surface area contributed by atoms with Gasteiger partial charge in [0.25, 0.3) is 0 Å². The third-order valence-corrected chi connectivity index (χ3v) is 4.52. The van der Waals surface area contributed by atoms with Crippen molar-refractivity contribution >= 4 is 23.6 Å². The number of piperidine rings is 1. The Hall–Kier alpha value is -1.56. The largest absolute Gasteiger partial charge is 0.481 e. The van der Waals surface area contributed by atoms with Crippen LogP contribution < -0.4 is 0 Å². The molecule has 0 unspecified atom stereocenters. The number of aliphatic carboxylic acids is 1. The molecule has 4 nitrogen and oxygen atoms in total. The van der Waals surface area contributed by atoms with Gasteiger partial charge in [0.15, 0.2) is 0 Å². The number of carboxylic acid groups (broad SMARTS) is 1. The lowest BCUT2D eigenvalue weighted by Crippen LogP contribution is -2.43. The van der Waals surface area contributed by atoms with Crippen LogP contribution in [-0.2, 0) is 15.3 Å². The number of carbonyl (C=O) groups excluding carboxylic acids is 1. The van der Waals surface area contributed by atoms with Crippen LogP contribution in [0.25, 0.3) is 0 Å². The first kappa shape index (κ1) is 15.8. The molecule has 6 heteroatoms. The molecule has 1 fully saturated rings. The van der Waals surface area contributed by atoms with Gasteiger partial charge in [0.1, 0.15) is 5.82 Å². The molecule has 0 radical (unpaired) electrons. The maximum absolute atomic E-state index is 12.8. The van der Waals surface area contributed by atoms with Crippen LogP contribution in [-0.4, -0.2) is 40.7 Å². The van der Waals surface area contributed by atoms with Crippen LogP contribution in [0, 0.1) is 11.7 Å². The minimum absolute atomic E-state index is 0.0203. The summed E-state index contributed by atoms with van der Waals surface area (Å²) >= 11 is 1.46. The molecule has 0 aliphatic carbocycles. The van der Waals surface area contributed by atoms with E-state index in [1.807, 2.05) is 0 Å². The van der Waals surface area contributed by atoms with Crippen LogP contribution in [0.1, 0.15) is 18.4 Å². The number of hydrogen-bond acceptors (Lipinski definition) is 3. The number of carboxylic acids is 1. The third kappa shape index (κ3) is 4.74. The third-order valence-electron chi connectivity index (χ3n) is 3.53. The van der Waals surface area contributed by atoms with Crippen LogP contribution in [0.4, 0.5) is 4.39 Å². The van der Waals surface area contributed by atoms with Crippen LogP contribution >= 0.6 is 11.8 Å². The van der Waals surface area contributed by atoms with E-state index in [0.29, 0.717) is 31.0 Å². The van der Waals surface area contributed by atoms with Gasteiger partial charge in [-0.05, 0) is 30.5 Å². The number of likely N-dealkylation sites (tertiary alicyclic amines) is 1. The summed E-state index contributed by atoms with van der Waals surface area (Å²) in [5, 5.41) is 9.01. The van der Waals surface area contributed by atoms with E-state index < -0.39 is 11.9 Å². The van der Waals surface area contributed by atoms with Crippen LogP contribution in [0.15, 0.2) is 24.3 Å². The van der Waals surface area contributed by atoms with E-state index in [9.17, 15) is 14.0 Å². The standard InChI is InChI=1S/C15H18FNO3S/c16-13-5-3-11(4-6-13)9-21-10-14(18)17-7-1-2-12(8-17)15(19)20/h3-6,12H,1-2,7-10H2,(H,19,20)/t12-/m1/s1. The van der Waals surface area contributed by atoms with Gasteiger partial charge in [-0.25, -0.2) is 4.39 Å². The summed E-state index contributed by atoms with van der Waals surface area (Å²) in [5.74, 6) is -0.594. The molecule has 1 amide bonds. The fraction of sp³-hybridized carbons (Fsp3) is 0.467. The van der Waals surface area contributed by atoms with Gasteiger partial charge in [-0.15, -0.1) is 11.8 Å². The smallest absolute Gasteiger partial charge is 0.308 e. The van der Waals surface area contributed by atoms with Crippen molar-refractivity contribution < 1.29 is 19.1 Å². The van der Waals surface area contributed by atoms with Gasteiger partial charge in [-0.2, -0.15) is 0 Å². The molecule has 0 bridgehead atoms. The first-order valence-corrected chi connectivity index (χ1v) is 8.04. The van der Waals surface area contributed by atoms with E-state index in [1.165, 1.54) is 23.9 Å². The van der Waals surface area contributed by atoms with Gasteiger partial charge in [0.2, 0.25) is 5.91 Å². The van der Waals surface area contributed by atoms with E-state index in [1.54, 1.807) is 17.0 Å². The highest BCUT2D eigenvalue weighted by molar-refractivity contribution is 7.99. The molecule has 1 aliphatic heterocycles. The lowest BCUT2D eigenvalue weighted by molar-refractivity contribution is -0.145. The van der Waals surface area contributed by atoms with Gasteiger partial charge in [-0.1, -0.05) is 12.1 Å². The molecule has 1 N–H and O–H groups in total. The predicted octanol–water partition coefficient (Wildman–Crippen LogP) is 2.38. The molecule has 1 heterocycles. The maximum atomic E-state index is 12.8. The number of halogens is 1. The Morgan fingerprint density at radius 3 is 2.71 bits per heavy atom. The van der Waals surface area contributed by atoms with Crippen molar-refractivity contribution in [1.29, 1.82) is 0 Å². The Kier molecular flexibility index (Phi) is 5.61. The molecule has 0 saturated carbocycles. The van der Waals surface area contributed by atoms with E-state index in [2.05, 4.69) is 0 Å². The highest BCUT2D eigenvalue weighted by Gasteiger charge is 2.27. The molecule has 0 spiro atoms. The summed E-state index contributed by atoms with van der Waals surface area (Å²) in [4.78, 5) is 24.7. The zero-order valence-electron chi connectivity index (χ0n) is 11.6. The van der Waals surface area contributed by atoms with Crippen molar-refractivity contribution in [1.82, 2.24) is 4.90 Å². The van der Waals surface area contributed by atoms with Gasteiger partial charge in [0.05, 0.1) is 11.7 Å². The normalized spacial score (nSPS) is 18.5. The van der Waals surface area contributed by atoms with Gasteiger partial charge >= 0.3 is 5.97 Å². The fourth-order valence-electron chi connectivity index (χ4n) is 2.33. The lowest BCUT2D eigenvalue weighted by Gasteiger charge is -2.30. The zero-order valence-corrected chi connectivity index (χ0v) is 12.4. The number of rotatable bonds is 5. The topological polar surface area (TPSA) is 57.6 Å². The Labute approximate surface area is 127 Å². The Morgan fingerprint density at radius 1 is 1.33 bits per heavy atom.